The summed E-state index contributed by atoms with van der Waals surface area (Å²) in [6, 6.07) is 12.4. The Morgan fingerprint density at radius 3 is 2.47 bits per heavy atom. The molecule has 10 heteroatoms. The van der Waals surface area contributed by atoms with Crippen molar-refractivity contribution < 1.29 is 22.0 Å². The van der Waals surface area contributed by atoms with Crippen molar-refractivity contribution >= 4 is 38.0 Å². The first kappa shape index (κ1) is 21.8. The van der Waals surface area contributed by atoms with Gasteiger partial charge < -0.3 is 5.32 Å². The van der Waals surface area contributed by atoms with E-state index in [1.54, 1.807) is 4.52 Å². The zero-order valence-electron chi connectivity index (χ0n) is 17.3. The summed E-state index contributed by atoms with van der Waals surface area (Å²) in [6.45, 7) is 3.83. The zero-order chi connectivity index (χ0) is 23.0. The molecule has 0 bridgehead atoms. The number of carbonyl (C=O) groups excluding carboxylic acids is 1. The van der Waals surface area contributed by atoms with E-state index in [0.717, 1.165) is 45.6 Å². The summed E-state index contributed by atoms with van der Waals surface area (Å²) < 4.78 is 50.0. The molecule has 7 nitrogen and oxygen atoms in total. The van der Waals surface area contributed by atoms with Crippen LogP contribution in [0.1, 0.15) is 23.4 Å². The average Bonchev–Trinajstić information content (AvgIpc) is 3.12. The Bertz CT molecular complexity index is 1430. The third kappa shape index (κ3) is 3.93. The number of hydrogen-bond donors (Lipinski definition) is 1. The Balaban J connectivity index is 1.49. The van der Waals surface area contributed by atoms with Crippen LogP contribution in [-0.4, -0.2) is 34.7 Å². The van der Waals surface area contributed by atoms with Crippen molar-refractivity contribution in [3.8, 4) is 0 Å². The molecule has 4 aromatic rings. The smallest absolute Gasteiger partial charge is 0.326 e. The van der Waals surface area contributed by atoms with Gasteiger partial charge >= 0.3 is 5.76 Å². The normalized spacial score (nSPS) is 12.0. The Kier molecular flexibility index (Phi) is 5.64. The number of alkyl halides is 2. The van der Waals surface area contributed by atoms with Gasteiger partial charge in [-0.3, -0.25) is 4.79 Å². The van der Waals surface area contributed by atoms with Gasteiger partial charge in [-0.05, 0) is 62.2 Å². The first-order valence-corrected chi connectivity index (χ1v) is 11.4. The van der Waals surface area contributed by atoms with Crippen LogP contribution in [0.2, 0.25) is 0 Å². The molecule has 1 amide bonds. The molecule has 2 aromatic carbocycles. The summed E-state index contributed by atoms with van der Waals surface area (Å²) in [7, 11) is -4.67. The molecule has 0 atom stereocenters. The standard InChI is InChI=1S/C22H20F2N4O3S/c1-13-17(14(2)28-21(25-13)18-5-3-4-6-19(18)27-28)11-12-20(29)26-15-7-9-16(10-8-15)32(30,31)22(23)24/h3-10,22H,11-12H2,1-2H3,(H,26,29). The molecule has 166 valence electrons. The lowest BCUT2D eigenvalue weighted by molar-refractivity contribution is -0.116. The fourth-order valence-corrected chi connectivity index (χ4v) is 4.35. The lowest BCUT2D eigenvalue weighted by Crippen LogP contribution is -2.15. The van der Waals surface area contributed by atoms with Gasteiger partial charge in [0.1, 0.15) is 0 Å². The molecule has 0 aliphatic heterocycles. The van der Waals surface area contributed by atoms with Gasteiger partial charge in [0, 0.05) is 28.9 Å². The Labute approximate surface area is 183 Å². The summed E-state index contributed by atoms with van der Waals surface area (Å²) in [5.74, 6) is -3.79. The van der Waals surface area contributed by atoms with Crippen LogP contribution in [0, 0.1) is 13.8 Å². The van der Waals surface area contributed by atoms with Gasteiger partial charge in [-0.15, -0.1) is 0 Å². The average molecular weight is 458 g/mol. The second-order valence-corrected chi connectivity index (χ2v) is 9.31. The van der Waals surface area contributed by atoms with Crippen molar-refractivity contribution in [3.05, 3.63) is 65.5 Å². The quantitative estimate of drug-likeness (QED) is 0.470. The van der Waals surface area contributed by atoms with Crippen LogP contribution in [0.5, 0.6) is 0 Å². The largest absolute Gasteiger partial charge is 0.341 e. The van der Waals surface area contributed by atoms with Crippen LogP contribution in [0.15, 0.2) is 53.4 Å². The minimum atomic E-state index is -4.67. The third-order valence-electron chi connectivity index (χ3n) is 5.32. The number of fused-ring (bicyclic) bond motifs is 3. The number of rotatable bonds is 6. The molecule has 0 radical (unpaired) electrons. The number of aromatic nitrogens is 3. The molecule has 0 fully saturated rings. The summed E-state index contributed by atoms with van der Waals surface area (Å²) in [5, 5.41) is 8.22. The monoisotopic (exact) mass is 458 g/mol. The van der Waals surface area contributed by atoms with Crippen molar-refractivity contribution in [2.75, 3.05) is 5.32 Å². The van der Waals surface area contributed by atoms with E-state index in [9.17, 15) is 22.0 Å². The van der Waals surface area contributed by atoms with Gasteiger partial charge in [0.05, 0.1) is 10.4 Å². The molecule has 0 unspecified atom stereocenters. The number of anilines is 1. The van der Waals surface area contributed by atoms with Gasteiger partial charge in [-0.25, -0.2) is 17.9 Å². The van der Waals surface area contributed by atoms with Crippen molar-refractivity contribution in [2.45, 2.75) is 37.3 Å². The highest BCUT2D eigenvalue weighted by Gasteiger charge is 2.26. The predicted octanol–water partition coefficient (Wildman–Crippen LogP) is 4.07. The fraction of sp³-hybridized carbons (Fsp3) is 0.227. The van der Waals surface area contributed by atoms with E-state index in [1.807, 2.05) is 38.1 Å². The fourth-order valence-electron chi connectivity index (χ4n) is 3.63. The SMILES string of the molecule is Cc1nc2c3ccccc3nn2c(C)c1CCC(=O)Nc1ccc(S(=O)(=O)C(F)F)cc1. The summed E-state index contributed by atoms with van der Waals surface area (Å²) in [5.41, 5.74) is 4.56. The highest BCUT2D eigenvalue weighted by atomic mass is 32.2. The molecule has 0 aliphatic carbocycles. The minimum Gasteiger partial charge on any atom is -0.326 e. The molecule has 0 saturated heterocycles. The van der Waals surface area contributed by atoms with E-state index in [4.69, 9.17) is 0 Å². The number of amides is 1. The van der Waals surface area contributed by atoms with E-state index in [-0.39, 0.29) is 12.3 Å². The van der Waals surface area contributed by atoms with Crippen molar-refractivity contribution in [1.82, 2.24) is 14.6 Å². The second-order valence-electron chi connectivity index (χ2n) is 7.39. The molecule has 4 rings (SSSR count). The number of carbonyl (C=O) groups is 1. The Morgan fingerprint density at radius 2 is 1.78 bits per heavy atom. The summed E-state index contributed by atoms with van der Waals surface area (Å²) in [6.07, 6.45) is 0.591. The van der Waals surface area contributed by atoms with Crippen LogP contribution in [-0.2, 0) is 21.1 Å². The lowest BCUT2D eigenvalue weighted by Gasteiger charge is -2.11. The van der Waals surface area contributed by atoms with E-state index in [0.29, 0.717) is 12.1 Å². The summed E-state index contributed by atoms with van der Waals surface area (Å²) >= 11 is 0. The third-order valence-corrected chi connectivity index (χ3v) is 6.72. The first-order valence-electron chi connectivity index (χ1n) is 9.84. The first-order chi connectivity index (χ1) is 15.2. The molecule has 32 heavy (non-hydrogen) atoms. The highest BCUT2D eigenvalue weighted by Crippen LogP contribution is 2.24. The van der Waals surface area contributed by atoms with Gasteiger partial charge in [-0.2, -0.15) is 13.9 Å². The van der Waals surface area contributed by atoms with Gasteiger partial charge in [0.2, 0.25) is 15.7 Å². The van der Waals surface area contributed by atoms with Gasteiger partial charge in [0.25, 0.3) is 0 Å². The van der Waals surface area contributed by atoms with Gasteiger partial charge in [-0.1, -0.05) is 12.1 Å². The topological polar surface area (TPSA) is 93.4 Å². The number of nitrogens with one attached hydrogen (secondary N) is 1. The molecular weight excluding hydrogens is 438 g/mol. The van der Waals surface area contributed by atoms with Crippen molar-refractivity contribution in [2.24, 2.45) is 0 Å². The van der Waals surface area contributed by atoms with E-state index in [2.05, 4.69) is 15.4 Å². The van der Waals surface area contributed by atoms with Crippen LogP contribution in [0.3, 0.4) is 0 Å². The molecule has 0 saturated carbocycles. The molecule has 1 N–H and O–H groups in total. The molecule has 2 heterocycles. The van der Waals surface area contributed by atoms with Crippen LogP contribution >= 0.6 is 0 Å². The maximum atomic E-state index is 12.6. The Morgan fingerprint density at radius 1 is 1.09 bits per heavy atom. The molecule has 0 aliphatic rings. The van der Waals surface area contributed by atoms with E-state index in [1.165, 1.54) is 12.1 Å². The number of aryl methyl sites for hydroxylation is 2. The number of halogens is 2. The Hall–Kier alpha value is -3.40. The van der Waals surface area contributed by atoms with E-state index < -0.39 is 20.5 Å². The van der Waals surface area contributed by atoms with Crippen LogP contribution in [0.25, 0.3) is 16.6 Å². The number of sulfone groups is 1. The summed E-state index contributed by atoms with van der Waals surface area (Å²) in [4.78, 5) is 16.6. The highest BCUT2D eigenvalue weighted by molar-refractivity contribution is 7.91. The molecule has 2 aromatic heterocycles. The predicted molar refractivity (Wildman–Crippen MR) is 117 cm³/mol. The number of nitrogens with zero attached hydrogens (tertiary/aromatic N) is 3. The van der Waals surface area contributed by atoms with Crippen LogP contribution < -0.4 is 5.32 Å². The maximum Gasteiger partial charge on any atom is 0.341 e. The number of benzene rings is 2. The minimum absolute atomic E-state index is 0.159. The van der Waals surface area contributed by atoms with Crippen LogP contribution in [0.4, 0.5) is 14.5 Å². The molecule has 0 spiro atoms. The number of hydrogen-bond acceptors (Lipinski definition) is 5. The van der Waals surface area contributed by atoms with Crippen molar-refractivity contribution in [1.29, 1.82) is 0 Å². The maximum absolute atomic E-state index is 12.6. The van der Waals surface area contributed by atoms with E-state index >= 15 is 0 Å². The second kappa shape index (κ2) is 8.27. The molecular formula is C22H20F2N4O3S. The van der Waals surface area contributed by atoms with Gasteiger partial charge in [0.15, 0.2) is 5.65 Å². The van der Waals surface area contributed by atoms with Crippen molar-refractivity contribution in [3.63, 3.8) is 0 Å². The zero-order valence-corrected chi connectivity index (χ0v) is 18.2. The lowest BCUT2D eigenvalue weighted by atomic mass is 10.1.